The Labute approximate surface area is 271 Å². The monoisotopic (exact) mass is 680 g/mol. The fraction of sp³-hybridized carbons (Fsp3) is 0.828. The summed E-state index contributed by atoms with van der Waals surface area (Å²) in [7, 11) is 6.64. The largest absolute Gasteiger partial charge is 0.480 e. The molecule has 2 heterocycles. The molecule has 6 atom stereocenters. The van der Waals surface area contributed by atoms with Gasteiger partial charge < -0.3 is 24.7 Å². The first-order valence-corrected chi connectivity index (χ1v) is 20.1. The first-order chi connectivity index (χ1) is 20.5. The second kappa shape index (κ2) is 20.0. The maximum Gasteiger partial charge on any atom is 0.326 e. The van der Waals surface area contributed by atoms with Crippen molar-refractivity contribution >= 4 is 72.9 Å². The van der Waals surface area contributed by atoms with Crippen LogP contribution >= 0.6 is 43.2 Å². The first kappa shape index (κ1) is 37.9. The molecule has 0 radical (unpaired) electrons. The number of carboxylic acids is 2. The van der Waals surface area contributed by atoms with Crippen molar-refractivity contribution < 1.29 is 38.9 Å². The Hall–Kier alpha value is -1.25. The van der Waals surface area contributed by atoms with Gasteiger partial charge >= 0.3 is 17.9 Å². The molecule has 6 unspecified atom stereocenters. The summed E-state index contributed by atoms with van der Waals surface area (Å²) in [6.45, 7) is 8.55. The van der Waals surface area contributed by atoms with Crippen LogP contribution in [0.15, 0.2) is 0 Å². The number of carbonyl (C=O) groups is 5. The van der Waals surface area contributed by atoms with Crippen LogP contribution in [-0.4, -0.2) is 104 Å². The van der Waals surface area contributed by atoms with Crippen LogP contribution in [0.3, 0.4) is 0 Å². The third-order valence-corrected chi connectivity index (χ3v) is 13.7. The lowest BCUT2D eigenvalue weighted by Gasteiger charge is -2.25. The van der Waals surface area contributed by atoms with E-state index in [9.17, 15) is 34.2 Å². The smallest absolute Gasteiger partial charge is 0.326 e. The van der Waals surface area contributed by atoms with Crippen LogP contribution in [0.1, 0.15) is 85.5 Å². The predicted molar refractivity (Wildman–Crippen MR) is 176 cm³/mol. The zero-order valence-corrected chi connectivity index (χ0v) is 29.0. The van der Waals surface area contributed by atoms with E-state index in [0.717, 1.165) is 31.4 Å². The van der Waals surface area contributed by atoms with E-state index in [2.05, 4.69) is 0 Å². The zero-order chi connectivity index (χ0) is 31.9. The summed E-state index contributed by atoms with van der Waals surface area (Å²) in [6.07, 6.45) is 6.01. The van der Waals surface area contributed by atoms with Gasteiger partial charge in [0.15, 0.2) is 0 Å². The summed E-state index contributed by atoms with van der Waals surface area (Å²) in [5, 5.41) is 19.1. The molecule has 0 aromatic heterocycles. The van der Waals surface area contributed by atoms with Gasteiger partial charge in [0.2, 0.25) is 11.8 Å². The molecule has 0 aromatic rings. The Morgan fingerprint density at radius 2 is 1.30 bits per heavy atom. The molecule has 0 aliphatic carbocycles. The molecule has 246 valence electrons. The lowest BCUT2D eigenvalue weighted by Crippen LogP contribution is -2.43. The summed E-state index contributed by atoms with van der Waals surface area (Å²) in [5.41, 5.74) is 0. The van der Waals surface area contributed by atoms with E-state index < -0.39 is 24.0 Å². The Kier molecular flexibility index (Phi) is 17.6. The lowest BCUT2D eigenvalue weighted by molar-refractivity contribution is -0.149. The highest BCUT2D eigenvalue weighted by Gasteiger charge is 2.37. The minimum absolute atomic E-state index is 0.0774. The number of esters is 1. The second-order valence-corrected chi connectivity index (χ2v) is 16.6. The van der Waals surface area contributed by atoms with Gasteiger partial charge in [0.25, 0.3) is 0 Å². The summed E-state index contributed by atoms with van der Waals surface area (Å²) >= 11 is 0. The summed E-state index contributed by atoms with van der Waals surface area (Å²) < 4.78 is 5.37. The average Bonchev–Trinajstić information content (AvgIpc) is 3.66. The van der Waals surface area contributed by atoms with Crippen molar-refractivity contribution in [1.29, 1.82) is 0 Å². The Bertz CT molecular complexity index is 942. The number of amides is 2. The predicted octanol–water partition coefficient (Wildman–Crippen LogP) is 5.44. The van der Waals surface area contributed by atoms with Crippen LogP contribution in [-0.2, 0) is 28.7 Å². The number of likely N-dealkylation sites (tertiary alicyclic amines) is 2. The van der Waals surface area contributed by atoms with Gasteiger partial charge in [0.1, 0.15) is 12.1 Å². The zero-order valence-electron chi connectivity index (χ0n) is 25.7. The number of carboxylic acid groups (broad SMARTS) is 2. The van der Waals surface area contributed by atoms with Crippen molar-refractivity contribution in [3.63, 3.8) is 0 Å². The Morgan fingerprint density at radius 1 is 0.791 bits per heavy atom. The molecule has 2 fully saturated rings. The van der Waals surface area contributed by atoms with Crippen LogP contribution in [0.2, 0.25) is 0 Å². The van der Waals surface area contributed by atoms with E-state index in [4.69, 9.17) is 4.74 Å². The van der Waals surface area contributed by atoms with Crippen LogP contribution in [0, 0.1) is 11.8 Å². The quantitative estimate of drug-likeness (QED) is 0.0960. The van der Waals surface area contributed by atoms with Crippen LogP contribution in [0.25, 0.3) is 0 Å². The Balaban J connectivity index is 1.82. The van der Waals surface area contributed by atoms with Gasteiger partial charge in [-0.2, -0.15) is 0 Å². The SMILES string of the molecule is CCC(C)OC(=O)CCCCC(CSSCC(C)C(=O)N1CCCC1C(=O)O)SSCC(C)C(=O)N1CCCC1C(=O)O. The molecule has 0 aromatic carbocycles. The maximum absolute atomic E-state index is 12.9. The molecule has 43 heavy (non-hydrogen) atoms. The third kappa shape index (κ3) is 12.9. The number of carbonyl (C=O) groups excluding carboxylic acids is 3. The number of ether oxygens (including phenoxy) is 1. The normalized spacial score (nSPS) is 21.3. The molecule has 14 heteroatoms. The summed E-state index contributed by atoms with van der Waals surface area (Å²) in [4.78, 5) is 63.8. The van der Waals surface area contributed by atoms with Gasteiger partial charge in [-0.05, 0) is 51.9 Å². The van der Waals surface area contributed by atoms with E-state index in [0.29, 0.717) is 56.7 Å². The number of hydrogen-bond acceptors (Lipinski definition) is 10. The van der Waals surface area contributed by atoms with Gasteiger partial charge in [0, 0.05) is 53.9 Å². The Morgan fingerprint density at radius 3 is 1.81 bits per heavy atom. The molecule has 0 spiro atoms. The van der Waals surface area contributed by atoms with Crippen LogP contribution < -0.4 is 0 Å². The van der Waals surface area contributed by atoms with E-state index in [1.165, 1.54) is 9.80 Å². The van der Waals surface area contributed by atoms with Crippen LogP contribution in [0.4, 0.5) is 0 Å². The summed E-state index contributed by atoms with van der Waals surface area (Å²) in [6, 6.07) is -1.45. The second-order valence-electron chi connectivity index (χ2n) is 11.4. The maximum atomic E-state index is 12.9. The number of aliphatic carboxylic acids is 2. The first-order valence-electron chi connectivity index (χ1n) is 15.2. The van der Waals surface area contributed by atoms with E-state index in [1.807, 2.05) is 27.7 Å². The fourth-order valence-corrected chi connectivity index (χ4v) is 11.3. The molecule has 0 saturated carbocycles. The van der Waals surface area contributed by atoms with Crippen molar-refractivity contribution in [2.24, 2.45) is 11.8 Å². The number of nitrogens with zero attached hydrogens (tertiary/aromatic N) is 2. The van der Waals surface area contributed by atoms with Crippen LogP contribution in [0.5, 0.6) is 0 Å². The van der Waals surface area contributed by atoms with E-state index in [-0.39, 0.29) is 41.0 Å². The molecule has 10 nitrogen and oxygen atoms in total. The topological polar surface area (TPSA) is 142 Å². The van der Waals surface area contributed by atoms with Gasteiger partial charge in [-0.3, -0.25) is 14.4 Å². The van der Waals surface area contributed by atoms with Crippen molar-refractivity contribution in [3.05, 3.63) is 0 Å². The standard InChI is InChI=1S/C29H48N2O8S4/c1-5-21(4)39-25(32)13-7-6-10-22(43-42-17-20(3)27(34)31-15-9-12-24(31)29(37)38)18-41-40-16-19(2)26(33)30-14-8-11-23(30)28(35)36/h19-24H,5-18H2,1-4H3,(H,35,36)(H,37,38). The van der Waals surface area contributed by atoms with Crippen molar-refractivity contribution in [3.8, 4) is 0 Å². The molecule has 0 bridgehead atoms. The minimum atomic E-state index is -0.944. The number of hydrogen-bond donors (Lipinski definition) is 2. The molecule has 2 saturated heterocycles. The highest BCUT2D eigenvalue weighted by molar-refractivity contribution is 8.78. The molecule has 2 aliphatic rings. The van der Waals surface area contributed by atoms with Gasteiger partial charge in [0.05, 0.1) is 6.10 Å². The average molecular weight is 681 g/mol. The van der Waals surface area contributed by atoms with Gasteiger partial charge in [-0.1, -0.05) is 70.4 Å². The molecular formula is C29H48N2O8S4. The van der Waals surface area contributed by atoms with Crippen molar-refractivity contribution in [2.75, 3.05) is 30.3 Å². The molecular weight excluding hydrogens is 633 g/mol. The van der Waals surface area contributed by atoms with E-state index >= 15 is 0 Å². The van der Waals surface area contributed by atoms with Gasteiger partial charge in [-0.25, -0.2) is 9.59 Å². The van der Waals surface area contributed by atoms with Crippen molar-refractivity contribution in [2.45, 2.75) is 109 Å². The third-order valence-electron chi connectivity index (χ3n) is 7.73. The highest BCUT2D eigenvalue weighted by Crippen LogP contribution is 2.37. The summed E-state index contributed by atoms with van der Waals surface area (Å²) in [5.74, 6) is -0.857. The molecule has 2 aliphatic heterocycles. The molecule has 2 amide bonds. The number of rotatable bonds is 20. The highest BCUT2D eigenvalue weighted by atomic mass is 33.1. The molecule has 2 rings (SSSR count). The molecule has 2 N–H and O–H groups in total. The van der Waals surface area contributed by atoms with Crippen molar-refractivity contribution in [1.82, 2.24) is 9.80 Å². The lowest BCUT2D eigenvalue weighted by atomic mass is 10.1. The van der Waals surface area contributed by atoms with E-state index in [1.54, 1.807) is 43.2 Å². The minimum Gasteiger partial charge on any atom is -0.480 e. The number of unbranched alkanes of at least 4 members (excludes halogenated alkanes) is 1. The fourth-order valence-electron chi connectivity index (χ4n) is 4.96. The van der Waals surface area contributed by atoms with Gasteiger partial charge in [-0.15, -0.1) is 0 Å².